The van der Waals surface area contributed by atoms with Crippen molar-refractivity contribution in [1.82, 2.24) is 19.9 Å². The van der Waals surface area contributed by atoms with E-state index in [1.807, 2.05) is 0 Å². The molecule has 3 aromatic rings. The number of nitrogens with one attached hydrogen (secondary N) is 1. The molecule has 0 aliphatic carbocycles. The minimum atomic E-state index is -4.82. The molecular formula is C18H16ClF3N4O3. The van der Waals surface area contributed by atoms with Gasteiger partial charge in [0.1, 0.15) is 16.5 Å². The summed E-state index contributed by atoms with van der Waals surface area (Å²) in [4.78, 5) is 16.8. The zero-order valence-corrected chi connectivity index (χ0v) is 16.0. The zero-order valence-electron chi connectivity index (χ0n) is 15.2. The number of carbonyl (C=O) groups is 1. The van der Waals surface area contributed by atoms with Gasteiger partial charge < -0.3 is 15.2 Å². The van der Waals surface area contributed by atoms with Gasteiger partial charge in [0.2, 0.25) is 0 Å². The first-order valence-corrected chi connectivity index (χ1v) is 8.71. The van der Waals surface area contributed by atoms with Crippen molar-refractivity contribution in [3.05, 3.63) is 59.0 Å². The highest BCUT2D eigenvalue weighted by atomic mass is 35.5. The van der Waals surface area contributed by atoms with E-state index in [1.165, 1.54) is 49.0 Å². The highest BCUT2D eigenvalue weighted by Crippen LogP contribution is 2.29. The van der Waals surface area contributed by atoms with Gasteiger partial charge in [0.05, 0.1) is 17.8 Å². The summed E-state index contributed by atoms with van der Waals surface area (Å²) in [6.45, 7) is 2.92. The zero-order chi connectivity index (χ0) is 21.4. The second-order valence-electron chi connectivity index (χ2n) is 6.75. The maximum atomic E-state index is 12.8. The van der Waals surface area contributed by atoms with Crippen LogP contribution in [-0.4, -0.2) is 37.6 Å². The van der Waals surface area contributed by atoms with Crippen molar-refractivity contribution < 1.29 is 27.8 Å². The van der Waals surface area contributed by atoms with E-state index in [2.05, 4.69) is 20.1 Å². The van der Waals surface area contributed by atoms with Gasteiger partial charge in [0.15, 0.2) is 5.65 Å². The van der Waals surface area contributed by atoms with Gasteiger partial charge in [0, 0.05) is 6.20 Å². The van der Waals surface area contributed by atoms with E-state index in [4.69, 9.17) is 11.6 Å². The predicted octanol–water partition coefficient (Wildman–Crippen LogP) is 3.52. The number of benzene rings is 1. The number of rotatable bonds is 5. The minimum absolute atomic E-state index is 0.124. The Morgan fingerprint density at radius 3 is 2.48 bits per heavy atom. The summed E-state index contributed by atoms with van der Waals surface area (Å²) in [7, 11) is 0. The lowest BCUT2D eigenvalue weighted by molar-refractivity contribution is -0.274. The number of hydrogen-bond acceptors (Lipinski definition) is 5. The van der Waals surface area contributed by atoms with Gasteiger partial charge in [-0.1, -0.05) is 23.7 Å². The highest BCUT2D eigenvalue weighted by Gasteiger charge is 2.33. The monoisotopic (exact) mass is 428 g/mol. The van der Waals surface area contributed by atoms with Crippen LogP contribution in [0.1, 0.15) is 35.8 Å². The van der Waals surface area contributed by atoms with Crippen LogP contribution in [0.3, 0.4) is 0 Å². The molecule has 0 aliphatic heterocycles. The van der Waals surface area contributed by atoms with Gasteiger partial charge in [-0.2, -0.15) is 5.10 Å². The first-order valence-electron chi connectivity index (χ1n) is 8.33. The number of alkyl halides is 3. The van der Waals surface area contributed by atoms with E-state index in [9.17, 15) is 23.1 Å². The van der Waals surface area contributed by atoms with E-state index < -0.39 is 29.7 Å². The van der Waals surface area contributed by atoms with Crippen LogP contribution in [0.15, 0.2) is 42.7 Å². The minimum Gasteiger partial charge on any atom is -0.406 e. The van der Waals surface area contributed by atoms with Crippen molar-refractivity contribution in [2.24, 2.45) is 0 Å². The van der Waals surface area contributed by atoms with Crippen molar-refractivity contribution >= 4 is 23.2 Å². The van der Waals surface area contributed by atoms with Crippen LogP contribution in [0.25, 0.3) is 5.65 Å². The Labute approximate surface area is 168 Å². The molecule has 154 valence electrons. The first-order chi connectivity index (χ1) is 13.4. The second-order valence-corrected chi connectivity index (χ2v) is 7.14. The van der Waals surface area contributed by atoms with Crippen LogP contribution >= 0.6 is 11.6 Å². The van der Waals surface area contributed by atoms with Gasteiger partial charge in [-0.15, -0.1) is 13.2 Å². The Morgan fingerprint density at radius 2 is 1.90 bits per heavy atom. The lowest BCUT2D eigenvalue weighted by Crippen LogP contribution is -2.42. The molecule has 7 nitrogen and oxygen atoms in total. The van der Waals surface area contributed by atoms with Crippen molar-refractivity contribution in [2.75, 3.05) is 0 Å². The van der Waals surface area contributed by atoms with Crippen molar-refractivity contribution in [3.63, 3.8) is 0 Å². The van der Waals surface area contributed by atoms with Gasteiger partial charge in [-0.25, -0.2) is 9.50 Å². The van der Waals surface area contributed by atoms with Crippen LogP contribution in [0.5, 0.6) is 5.75 Å². The van der Waals surface area contributed by atoms with Crippen LogP contribution in [0.2, 0.25) is 5.15 Å². The summed E-state index contributed by atoms with van der Waals surface area (Å²) in [6, 6.07) is 5.43. The van der Waals surface area contributed by atoms with Gasteiger partial charge in [-0.3, -0.25) is 4.79 Å². The van der Waals surface area contributed by atoms with Crippen molar-refractivity contribution in [3.8, 4) is 5.75 Å². The molecule has 0 bridgehead atoms. The summed E-state index contributed by atoms with van der Waals surface area (Å²) in [5.74, 6) is -0.999. The van der Waals surface area contributed by atoms with Gasteiger partial charge in [0.25, 0.3) is 5.91 Å². The molecule has 1 aromatic carbocycles. The van der Waals surface area contributed by atoms with E-state index in [0.29, 0.717) is 5.56 Å². The van der Waals surface area contributed by atoms with Crippen LogP contribution < -0.4 is 10.1 Å². The normalized spacial score (nSPS) is 13.3. The molecule has 2 aromatic heterocycles. The van der Waals surface area contributed by atoms with Crippen molar-refractivity contribution in [1.29, 1.82) is 0 Å². The van der Waals surface area contributed by atoms with Crippen molar-refractivity contribution in [2.45, 2.75) is 31.9 Å². The number of hydrogen-bond donors (Lipinski definition) is 2. The number of aliphatic hydroxyl groups is 1. The Balaban J connectivity index is 1.88. The molecule has 3 rings (SSSR count). The lowest BCUT2D eigenvalue weighted by atomic mass is 9.91. The molecule has 2 heterocycles. The molecule has 0 spiro atoms. The standard InChI is InChI=1S/C18H16ClF3N4O3/c1-17(2,28)14(10-3-5-11(6-4-10)29-18(20,21)22)25-16(27)12-9-23-26-8-7-13(19)24-15(12)26/h3-9,14,28H,1-2H3,(H,25,27). The van der Waals surface area contributed by atoms with E-state index in [0.717, 1.165) is 12.1 Å². The number of aromatic nitrogens is 3. The molecule has 0 fully saturated rings. The number of halogens is 4. The predicted molar refractivity (Wildman–Crippen MR) is 97.6 cm³/mol. The lowest BCUT2D eigenvalue weighted by Gasteiger charge is -2.30. The molecule has 1 amide bonds. The third-order valence-corrected chi connectivity index (χ3v) is 4.22. The average Bonchev–Trinajstić information content (AvgIpc) is 3.01. The Morgan fingerprint density at radius 1 is 1.24 bits per heavy atom. The van der Waals surface area contributed by atoms with E-state index >= 15 is 0 Å². The van der Waals surface area contributed by atoms with Crippen LogP contribution in [0, 0.1) is 0 Å². The average molecular weight is 429 g/mol. The largest absolute Gasteiger partial charge is 0.573 e. The number of amides is 1. The molecule has 0 saturated heterocycles. The van der Waals surface area contributed by atoms with E-state index in [1.54, 1.807) is 0 Å². The summed E-state index contributed by atoms with van der Waals surface area (Å²) < 4.78 is 42.2. The van der Waals surface area contributed by atoms with Crippen LogP contribution in [0.4, 0.5) is 13.2 Å². The molecule has 2 N–H and O–H groups in total. The maximum absolute atomic E-state index is 12.8. The molecule has 0 saturated carbocycles. The summed E-state index contributed by atoms with van der Waals surface area (Å²) in [6.07, 6.45) is -1.98. The SMILES string of the molecule is CC(C)(O)C(NC(=O)c1cnn2ccc(Cl)nc12)c1ccc(OC(F)(F)F)cc1. The Hall–Kier alpha value is -2.85. The number of ether oxygens (including phenoxy) is 1. The molecule has 0 radical (unpaired) electrons. The fourth-order valence-electron chi connectivity index (χ4n) is 2.75. The quantitative estimate of drug-likeness (QED) is 0.607. The number of fused-ring (bicyclic) bond motifs is 1. The molecule has 0 aliphatic rings. The second kappa shape index (κ2) is 7.53. The number of nitrogens with zero attached hydrogens (tertiary/aromatic N) is 3. The Kier molecular flexibility index (Phi) is 5.42. The molecule has 11 heteroatoms. The van der Waals surface area contributed by atoms with Gasteiger partial charge in [-0.05, 0) is 37.6 Å². The van der Waals surface area contributed by atoms with Crippen LogP contribution in [-0.2, 0) is 0 Å². The molecule has 29 heavy (non-hydrogen) atoms. The fourth-order valence-corrected chi connectivity index (χ4v) is 2.88. The maximum Gasteiger partial charge on any atom is 0.573 e. The third kappa shape index (κ3) is 4.96. The van der Waals surface area contributed by atoms with Gasteiger partial charge >= 0.3 is 6.36 Å². The highest BCUT2D eigenvalue weighted by molar-refractivity contribution is 6.29. The van der Waals surface area contributed by atoms with E-state index in [-0.39, 0.29) is 16.4 Å². The topological polar surface area (TPSA) is 88.8 Å². The molecule has 1 atom stereocenters. The molecule has 1 unspecified atom stereocenters. The summed E-state index contributed by atoms with van der Waals surface area (Å²) in [5, 5.41) is 17.4. The summed E-state index contributed by atoms with van der Waals surface area (Å²) >= 11 is 5.87. The first kappa shape index (κ1) is 20.9. The fraction of sp³-hybridized carbons (Fsp3) is 0.278. The summed E-state index contributed by atoms with van der Waals surface area (Å²) in [5.41, 5.74) is -0.712. The third-order valence-electron chi connectivity index (χ3n) is 4.01. The Bertz CT molecular complexity index is 1030. The smallest absolute Gasteiger partial charge is 0.406 e. The molecular weight excluding hydrogens is 413 g/mol. The number of carbonyl (C=O) groups excluding carboxylic acids is 1.